The Bertz CT molecular complexity index is 251. The smallest absolute Gasteiger partial charge is 0.321 e. The zero-order valence-electron chi connectivity index (χ0n) is 9.12. The number of hydrogen-bond acceptors (Lipinski definition) is 3. The van der Waals surface area contributed by atoms with E-state index >= 15 is 0 Å². The van der Waals surface area contributed by atoms with Gasteiger partial charge >= 0.3 is 5.97 Å². The summed E-state index contributed by atoms with van der Waals surface area (Å²) >= 11 is 0. The van der Waals surface area contributed by atoms with E-state index in [4.69, 9.17) is 5.11 Å². The summed E-state index contributed by atoms with van der Waals surface area (Å²) in [4.78, 5) is 22.3. The zero-order chi connectivity index (χ0) is 11.4. The maximum Gasteiger partial charge on any atom is 0.321 e. The third-order valence-corrected chi connectivity index (χ3v) is 2.53. The van der Waals surface area contributed by atoms with E-state index in [-0.39, 0.29) is 11.8 Å². The van der Waals surface area contributed by atoms with Crippen molar-refractivity contribution in [3.05, 3.63) is 0 Å². The van der Waals surface area contributed by atoms with Crippen LogP contribution in [0.4, 0.5) is 0 Å². The third kappa shape index (κ3) is 3.51. The number of carboxylic acid groups (broad SMARTS) is 1. The molecule has 1 amide bonds. The first-order valence-corrected chi connectivity index (χ1v) is 5.32. The largest absolute Gasteiger partial charge is 0.480 e. The van der Waals surface area contributed by atoms with Crippen LogP contribution in [0.3, 0.4) is 0 Å². The lowest BCUT2D eigenvalue weighted by molar-refractivity contribution is -0.140. The number of aliphatic carboxylic acids is 1. The van der Waals surface area contributed by atoms with Gasteiger partial charge < -0.3 is 10.4 Å². The van der Waals surface area contributed by atoms with E-state index in [1.54, 1.807) is 6.92 Å². The van der Waals surface area contributed by atoms with E-state index in [0.29, 0.717) is 6.54 Å². The van der Waals surface area contributed by atoms with Crippen LogP contribution in [0.2, 0.25) is 0 Å². The molecule has 0 spiro atoms. The van der Waals surface area contributed by atoms with E-state index in [1.807, 2.05) is 6.92 Å². The summed E-state index contributed by atoms with van der Waals surface area (Å²) in [7, 11) is 0. The van der Waals surface area contributed by atoms with Crippen LogP contribution in [0.25, 0.3) is 0 Å². The average Bonchev–Trinajstić information content (AvgIpc) is 2.97. The molecule has 0 aromatic heterocycles. The summed E-state index contributed by atoms with van der Waals surface area (Å²) in [6.07, 6.45) is 1.87. The first-order chi connectivity index (χ1) is 7.06. The van der Waals surface area contributed by atoms with Crippen LogP contribution in [-0.4, -0.2) is 35.6 Å². The Morgan fingerprint density at radius 2 is 2.07 bits per heavy atom. The highest BCUT2D eigenvalue weighted by molar-refractivity contribution is 5.82. The normalized spacial score (nSPS) is 19.3. The number of hydrogen-bond donors (Lipinski definition) is 3. The highest BCUT2D eigenvalue weighted by Crippen LogP contribution is 2.32. The SMILES string of the molecule is CCNC(=O)C(C)NC(C(=O)O)C1CC1. The van der Waals surface area contributed by atoms with Gasteiger partial charge in [-0.3, -0.25) is 14.9 Å². The van der Waals surface area contributed by atoms with Crippen molar-refractivity contribution in [2.45, 2.75) is 38.8 Å². The number of nitrogens with one attached hydrogen (secondary N) is 2. The number of likely N-dealkylation sites (N-methyl/N-ethyl adjacent to an activating group) is 1. The van der Waals surface area contributed by atoms with E-state index < -0.39 is 18.1 Å². The molecule has 86 valence electrons. The van der Waals surface area contributed by atoms with Crippen molar-refractivity contribution in [2.24, 2.45) is 5.92 Å². The van der Waals surface area contributed by atoms with E-state index in [1.165, 1.54) is 0 Å². The summed E-state index contributed by atoms with van der Waals surface area (Å²) in [6, 6.07) is -1.03. The minimum absolute atomic E-state index is 0.149. The van der Waals surface area contributed by atoms with Gasteiger partial charge in [0.1, 0.15) is 6.04 Å². The maximum atomic E-state index is 11.4. The van der Waals surface area contributed by atoms with E-state index in [0.717, 1.165) is 12.8 Å². The van der Waals surface area contributed by atoms with Gasteiger partial charge in [-0.25, -0.2) is 0 Å². The zero-order valence-corrected chi connectivity index (χ0v) is 9.12. The standard InChI is InChI=1S/C10H18N2O3/c1-3-11-9(13)6(2)12-8(10(14)15)7-4-5-7/h6-8,12H,3-5H2,1-2H3,(H,11,13)(H,14,15). The van der Waals surface area contributed by atoms with Gasteiger partial charge in [-0.05, 0) is 32.6 Å². The van der Waals surface area contributed by atoms with Crippen molar-refractivity contribution in [1.82, 2.24) is 10.6 Å². The van der Waals surface area contributed by atoms with Crippen molar-refractivity contribution >= 4 is 11.9 Å². The highest BCUT2D eigenvalue weighted by atomic mass is 16.4. The fourth-order valence-corrected chi connectivity index (χ4v) is 1.51. The van der Waals surface area contributed by atoms with Gasteiger partial charge in [-0.1, -0.05) is 0 Å². The third-order valence-electron chi connectivity index (χ3n) is 2.53. The number of carbonyl (C=O) groups excluding carboxylic acids is 1. The van der Waals surface area contributed by atoms with Crippen LogP contribution >= 0.6 is 0 Å². The summed E-state index contributed by atoms with van der Waals surface area (Å²) in [5.74, 6) is -0.822. The highest BCUT2D eigenvalue weighted by Gasteiger charge is 2.37. The van der Waals surface area contributed by atoms with E-state index in [9.17, 15) is 9.59 Å². The molecular weight excluding hydrogens is 196 g/mol. The predicted molar refractivity (Wildman–Crippen MR) is 55.4 cm³/mol. The van der Waals surface area contributed by atoms with Gasteiger partial charge in [0.15, 0.2) is 0 Å². The lowest BCUT2D eigenvalue weighted by atomic mass is 10.1. The molecule has 0 aromatic rings. The molecule has 5 nitrogen and oxygen atoms in total. The average molecular weight is 214 g/mol. The Morgan fingerprint density at radius 1 is 1.47 bits per heavy atom. The summed E-state index contributed by atoms with van der Waals surface area (Å²) in [5.41, 5.74) is 0. The van der Waals surface area contributed by atoms with Crippen LogP contribution in [0.5, 0.6) is 0 Å². The monoisotopic (exact) mass is 214 g/mol. The maximum absolute atomic E-state index is 11.4. The van der Waals surface area contributed by atoms with Crippen molar-refractivity contribution in [1.29, 1.82) is 0 Å². The minimum atomic E-state index is -0.867. The van der Waals surface area contributed by atoms with E-state index in [2.05, 4.69) is 10.6 Å². The Kier molecular flexibility index (Phi) is 4.08. The van der Waals surface area contributed by atoms with Gasteiger partial charge in [-0.15, -0.1) is 0 Å². The summed E-state index contributed by atoms with van der Waals surface area (Å²) in [5, 5.41) is 14.5. The molecule has 1 aliphatic rings. The molecule has 0 bridgehead atoms. The van der Waals surface area contributed by atoms with Crippen LogP contribution in [0, 0.1) is 5.92 Å². The first-order valence-electron chi connectivity index (χ1n) is 5.32. The number of rotatable bonds is 6. The Hall–Kier alpha value is -1.10. The molecular formula is C10H18N2O3. The Balaban J connectivity index is 2.43. The molecule has 1 rings (SSSR count). The van der Waals surface area contributed by atoms with Gasteiger partial charge in [-0.2, -0.15) is 0 Å². The molecule has 0 radical (unpaired) electrons. The molecule has 0 aromatic carbocycles. The van der Waals surface area contributed by atoms with Crippen LogP contribution in [0.1, 0.15) is 26.7 Å². The number of carbonyl (C=O) groups is 2. The van der Waals surface area contributed by atoms with Crippen molar-refractivity contribution in [3.8, 4) is 0 Å². The van der Waals surface area contributed by atoms with Gasteiger partial charge in [0.25, 0.3) is 0 Å². The molecule has 1 fully saturated rings. The van der Waals surface area contributed by atoms with Crippen molar-refractivity contribution < 1.29 is 14.7 Å². The molecule has 5 heteroatoms. The molecule has 1 aliphatic carbocycles. The molecule has 1 saturated carbocycles. The molecule has 2 unspecified atom stereocenters. The Labute approximate surface area is 89.2 Å². The fraction of sp³-hybridized carbons (Fsp3) is 0.800. The molecule has 0 aliphatic heterocycles. The second-order valence-corrected chi connectivity index (χ2v) is 3.94. The van der Waals surface area contributed by atoms with Gasteiger partial charge in [0.05, 0.1) is 6.04 Å². The summed E-state index contributed by atoms with van der Waals surface area (Å²) in [6.45, 7) is 4.08. The van der Waals surface area contributed by atoms with Crippen molar-refractivity contribution in [2.75, 3.05) is 6.54 Å². The molecule has 0 saturated heterocycles. The summed E-state index contributed by atoms with van der Waals surface area (Å²) < 4.78 is 0. The lowest BCUT2D eigenvalue weighted by Gasteiger charge is -2.19. The second kappa shape index (κ2) is 5.11. The fourth-order valence-electron chi connectivity index (χ4n) is 1.51. The van der Waals surface area contributed by atoms with Crippen LogP contribution < -0.4 is 10.6 Å². The molecule has 3 N–H and O–H groups in total. The molecule has 15 heavy (non-hydrogen) atoms. The topological polar surface area (TPSA) is 78.4 Å². The van der Waals surface area contributed by atoms with Crippen LogP contribution in [0.15, 0.2) is 0 Å². The minimum Gasteiger partial charge on any atom is -0.480 e. The van der Waals surface area contributed by atoms with Gasteiger partial charge in [0, 0.05) is 6.54 Å². The predicted octanol–water partition coefficient (Wildman–Crippen LogP) is -0.0362. The first kappa shape index (κ1) is 12.0. The van der Waals surface area contributed by atoms with Crippen LogP contribution in [-0.2, 0) is 9.59 Å². The number of amides is 1. The lowest BCUT2D eigenvalue weighted by Crippen LogP contribution is -2.50. The second-order valence-electron chi connectivity index (χ2n) is 3.94. The van der Waals surface area contributed by atoms with Crippen molar-refractivity contribution in [3.63, 3.8) is 0 Å². The van der Waals surface area contributed by atoms with Gasteiger partial charge in [0.2, 0.25) is 5.91 Å². The quantitative estimate of drug-likeness (QED) is 0.580. The number of carboxylic acids is 1. The molecule has 2 atom stereocenters. The molecule has 0 heterocycles. The Morgan fingerprint density at radius 3 is 2.47 bits per heavy atom.